The van der Waals surface area contributed by atoms with E-state index in [-0.39, 0.29) is 28.8 Å². The second-order valence-electron chi connectivity index (χ2n) is 8.00. The summed E-state index contributed by atoms with van der Waals surface area (Å²) in [6.07, 6.45) is 1.31. The van der Waals surface area contributed by atoms with Crippen molar-refractivity contribution in [2.45, 2.75) is 63.8 Å². The molecule has 0 radical (unpaired) electrons. The van der Waals surface area contributed by atoms with Crippen molar-refractivity contribution in [1.29, 1.82) is 0 Å². The maximum Gasteiger partial charge on any atom is 0.213 e. The van der Waals surface area contributed by atoms with E-state index < -0.39 is 46.4 Å². The Morgan fingerprint density at radius 1 is 1.10 bits per heavy atom. The molecule has 1 aromatic rings. The fourth-order valence-electron chi connectivity index (χ4n) is 4.02. The number of unbranched alkanes of at least 4 members (excludes halogenated alkanes) is 3. The van der Waals surface area contributed by atoms with Gasteiger partial charge in [0.05, 0.1) is 22.4 Å². The zero-order chi connectivity index (χ0) is 21.5. The van der Waals surface area contributed by atoms with E-state index in [1.54, 1.807) is 0 Å². The molecule has 0 heterocycles. The smallest absolute Gasteiger partial charge is 0.213 e. The van der Waals surface area contributed by atoms with Crippen LogP contribution in [0, 0.1) is 0 Å². The van der Waals surface area contributed by atoms with Crippen molar-refractivity contribution in [3.8, 4) is 11.5 Å². The lowest BCUT2D eigenvalue weighted by Crippen LogP contribution is -2.48. The highest BCUT2D eigenvalue weighted by molar-refractivity contribution is 6.26. The number of hydrogen-bond acceptors (Lipinski definition) is 8. The summed E-state index contributed by atoms with van der Waals surface area (Å²) in [5, 5.41) is 55.1. The second-order valence-corrected chi connectivity index (χ2v) is 8.00. The molecular weight excluding hydrogens is 378 g/mol. The van der Waals surface area contributed by atoms with Crippen LogP contribution >= 0.6 is 0 Å². The molecular formula is C21H27NO7. The number of phenols is 2. The van der Waals surface area contributed by atoms with E-state index in [2.05, 4.69) is 12.2 Å². The van der Waals surface area contributed by atoms with Crippen molar-refractivity contribution in [2.75, 3.05) is 6.54 Å². The number of nitrogens with one attached hydrogen (secondary N) is 1. The lowest BCUT2D eigenvalue weighted by atomic mass is 9.73. The first-order valence-electron chi connectivity index (χ1n) is 9.85. The molecule has 2 aliphatic carbocycles. The summed E-state index contributed by atoms with van der Waals surface area (Å²) in [4.78, 5) is 25.5. The number of carbonyl (C=O) groups excluding carboxylic acids is 2. The Labute approximate surface area is 168 Å². The average Bonchev–Trinajstić information content (AvgIpc) is 2.65. The summed E-state index contributed by atoms with van der Waals surface area (Å²) < 4.78 is 0. The maximum absolute atomic E-state index is 12.9. The molecule has 3 unspecified atom stereocenters. The third-order valence-electron chi connectivity index (χ3n) is 5.70. The van der Waals surface area contributed by atoms with Gasteiger partial charge in [0.2, 0.25) is 5.78 Å². The molecule has 0 fully saturated rings. The molecule has 0 spiro atoms. The van der Waals surface area contributed by atoms with Crippen LogP contribution in [0.1, 0.15) is 77.5 Å². The molecule has 2 aliphatic rings. The molecule has 29 heavy (non-hydrogen) atoms. The summed E-state index contributed by atoms with van der Waals surface area (Å²) in [6, 6.07) is 0. The number of aliphatic hydroxyl groups is 3. The van der Waals surface area contributed by atoms with Gasteiger partial charge in [-0.2, -0.15) is 0 Å². The van der Waals surface area contributed by atoms with E-state index >= 15 is 0 Å². The molecule has 0 aromatic heterocycles. The van der Waals surface area contributed by atoms with Gasteiger partial charge < -0.3 is 30.8 Å². The largest absolute Gasteiger partial charge is 0.507 e. The summed E-state index contributed by atoms with van der Waals surface area (Å²) in [7, 11) is 0. The van der Waals surface area contributed by atoms with Crippen molar-refractivity contribution in [3.63, 3.8) is 0 Å². The maximum atomic E-state index is 12.9. The number of phenolic OH excluding ortho intramolecular Hbond substituents is 2. The van der Waals surface area contributed by atoms with Gasteiger partial charge in [-0.15, -0.1) is 0 Å². The standard InChI is InChI=1S/C21H27NO7/c1-3-4-5-6-7-22-11-8-12(23)14-15(17(11)25)16(24)10-9-21(2,29)20(28)19(27)13(10)18(14)26/h8,19-20,22,24,26-29H,3-7,9H2,1-2H3. The minimum atomic E-state index is -1.79. The summed E-state index contributed by atoms with van der Waals surface area (Å²) in [6.45, 7) is 3.84. The number of fused-ring (bicyclic) bond motifs is 2. The molecule has 0 saturated heterocycles. The molecule has 0 amide bonds. The lowest BCUT2D eigenvalue weighted by Gasteiger charge is -2.39. The van der Waals surface area contributed by atoms with Crippen molar-refractivity contribution in [1.82, 2.24) is 5.32 Å². The normalized spacial score (nSPS) is 26.0. The zero-order valence-electron chi connectivity index (χ0n) is 16.5. The van der Waals surface area contributed by atoms with Crippen LogP contribution in [0.3, 0.4) is 0 Å². The van der Waals surface area contributed by atoms with Crippen molar-refractivity contribution < 1.29 is 35.1 Å². The van der Waals surface area contributed by atoms with Gasteiger partial charge in [0.25, 0.3) is 0 Å². The van der Waals surface area contributed by atoms with Crippen LogP contribution in [0.5, 0.6) is 11.5 Å². The van der Waals surface area contributed by atoms with E-state index in [1.807, 2.05) is 0 Å². The molecule has 8 nitrogen and oxygen atoms in total. The van der Waals surface area contributed by atoms with Crippen LogP contribution in [-0.4, -0.2) is 55.3 Å². The first-order chi connectivity index (χ1) is 13.6. The number of hydrogen-bond donors (Lipinski definition) is 6. The first-order valence-corrected chi connectivity index (χ1v) is 9.85. The van der Waals surface area contributed by atoms with Crippen molar-refractivity contribution in [3.05, 3.63) is 34.0 Å². The number of benzene rings is 1. The van der Waals surface area contributed by atoms with Gasteiger partial charge in [-0.3, -0.25) is 9.59 Å². The Morgan fingerprint density at radius 2 is 1.79 bits per heavy atom. The van der Waals surface area contributed by atoms with E-state index in [9.17, 15) is 35.1 Å². The number of carbonyl (C=O) groups is 2. The Kier molecular flexibility index (Phi) is 5.71. The summed E-state index contributed by atoms with van der Waals surface area (Å²) in [5.41, 5.74) is -2.83. The Morgan fingerprint density at radius 3 is 2.45 bits per heavy atom. The zero-order valence-corrected chi connectivity index (χ0v) is 16.5. The third-order valence-corrected chi connectivity index (χ3v) is 5.70. The van der Waals surface area contributed by atoms with E-state index in [0.717, 1.165) is 31.8 Å². The predicted octanol–water partition coefficient (Wildman–Crippen LogP) is 1.23. The third kappa shape index (κ3) is 3.52. The molecule has 0 bridgehead atoms. The minimum Gasteiger partial charge on any atom is -0.507 e. The van der Waals surface area contributed by atoms with Crippen molar-refractivity contribution in [2.24, 2.45) is 0 Å². The molecule has 6 N–H and O–H groups in total. The number of aromatic hydroxyl groups is 2. The number of rotatable bonds is 6. The van der Waals surface area contributed by atoms with Crippen LogP contribution in [0.25, 0.3) is 0 Å². The molecule has 0 saturated carbocycles. The number of ketones is 2. The Bertz CT molecular complexity index is 888. The van der Waals surface area contributed by atoms with E-state index in [0.29, 0.717) is 6.54 Å². The van der Waals surface area contributed by atoms with E-state index in [4.69, 9.17) is 0 Å². The molecule has 0 aliphatic heterocycles. The molecule has 8 heteroatoms. The van der Waals surface area contributed by atoms with Crippen LogP contribution in [0.2, 0.25) is 0 Å². The molecule has 158 valence electrons. The second kappa shape index (κ2) is 7.78. The highest BCUT2D eigenvalue weighted by Gasteiger charge is 2.47. The lowest BCUT2D eigenvalue weighted by molar-refractivity contribution is -0.126. The number of aliphatic hydroxyl groups excluding tert-OH is 2. The van der Waals surface area contributed by atoms with Crippen LogP contribution < -0.4 is 5.32 Å². The summed E-state index contributed by atoms with van der Waals surface area (Å²) >= 11 is 0. The van der Waals surface area contributed by atoms with Gasteiger partial charge in [-0.25, -0.2) is 0 Å². The number of allylic oxidation sites excluding steroid dienone is 2. The molecule has 3 rings (SSSR count). The average molecular weight is 405 g/mol. The quantitative estimate of drug-likeness (QED) is 0.306. The van der Waals surface area contributed by atoms with Gasteiger partial charge in [-0.05, 0) is 13.3 Å². The van der Waals surface area contributed by atoms with Crippen LogP contribution in [0.15, 0.2) is 11.8 Å². The van der Waals surface area contributed by atoms with Crippen molar-refractivity contribution >= 4 is 11.6 Å². The highest BCUT2D eigenvalue weighted by atomic mass is 16.4. The van der Waals surface area contributed by atoms with Gasteiger partial charge in [0, 0.05) is 30.2 Å². The van der Waals surface area contributed by atoms with Crippen LogP contribution in [-0.2, 0) is 6.42 Å². The SMILES string of the molecule is CCCCCCNC1=CC(=O)c2c(O)c3c(c(O)c2C1=O)CC(C)(O)C(O)C3O. The fourth-order valence-corrected chi connectivity index (χ4v) is 4.02. The fraction of sp³-hybridized carbons (Fsp3) is 0.524. The van der Waals surface area contributed by atoms with Gasteiger partial charge in [0.15, 0.2) is 5.78 Å². The van der Waals surface area contributed by atoms with Gasteiger partial charge in [0.1, 0.15) is 23.7 Å². The highest BCUT2D eigenvalue weighted by Crippen LogP contribution is 2.49. The van der Waals surface area contributed by atoms with E-state index in [1.165, 1.54) is 6.92 Å². The molecule has 1 aromatic carbocycles. The van der Waals surface area contributed by atoms with Gasteiger partial charge in [-0.1, -0.05) is 26.2 Å². The molecule has 3 atom stereocenters. The Balaban J connectivity index is 2.01. The van der Waals surface area contributed by atoms with Gasteiger partial charge >= 0.3 is 0 Å². The monoisotopic (exact) mass is 405 g/mol. The first kappa shape index (κ1) is 21.3. The summed E-state index contributed by atoms with van der Waals surface area (Å²) in [5.74, 6) is -2.57. The Hall–Kier alpha value is -2.42. The topological polar surface area (TPSA) is 147 Å². The minimum absolute atomic E-state index is 0.0248. The van der Waals surface area contributed by atoms with Crippen LogP contribution in [0.4, 0.5) is 0 Å². The predicted molar refractivity (Wildman–Crippen MR) is 104 cm³/mol. The number of Topliss-reactive ketones (excluding diaryl/α,β-unsaturated/α-hetero) is 1.